The molecule has 1 amide bonds. The van der Waals surface area contributed by atoms with E-state index in [2.05, 4.69) is 22.3 Å². The predicted molar refractivity (Wildman–Crippen MR) is 139 cm³/mol. The van der Waals surface area contributed by atoms with Crippen LogP contribution in [-0.2, 0) is 16.6 Å². The zero-order chi connectivity index (χ0) is 24.6. The number of likely N-dealkylation sites (tertiary alicyclic amines) is 1. The summed E-state index contributed by atoms with van der Waals surface area (Å²) in [4.78, 5) is 14.9. The quantitative estimate of drug-likeness (QED) is 0.399. The standard InChI is InChI=1S/C27H29N3O4S/c1-3-30-24-10-6-5-9-21(24)22-17-19(11-13-25(22)30)28-35(32,33)20-12-14-26(34-2)23(18-20)27(31)29-15-7-4-8-16-29/h5-6,9-14,17-18,28H,3-4,7-8,15-16H2,1-2H3. The number of carbonyl (C=O) groups is 1. The molecule has 5 rings (SSSR count). The lowest BCUT2D eigenvalue weighted by Gasteiger charge is -2.27. The largest absolute Gasteiger partial charge is 0.496 e. The molecule has 1 fully saturated rings. The Kier molecular flexibility index (Phi) is 6.15. The molecule has 0 unspecified atom stereocenters. The summed E-state index contributed by atoms with van der Waals surface area (Å²) < 4.78 is 37.0. The van der Waals surface area contributed by atoms with Crippen molar-refractivity contribution in [2.24, 2.45) is 0 Å². The molecule has 35 heavy (non-hydrogen) atoms. The summed E-state index contributed by atoms with van der Waals surface area (Å²) in [6, 6.07) is 18.1. The monoisotopic (exact) mass is 491 g/mol. The van der Waals surface area contributed by atoms with Crippen molar-refractivity contribution in [3.63, 3.8) is 0 Å². The van der Waals surface area contributed by atoms with Crippen LogP contribution in [-0.4, -0.2) is 44.0 Å². The van der Waals surface area contributed by atoms with Gasteiger partial charge in [-0.15, -0.1) is 0 Å². The van der Waals surface area contributed by atoms with Gasteiger partial charge in [0.15, 0.2) is 0 Å². The van der Waals surface area contributed by atoms with E-state index in [0.717, 1.165) is 47.6 Å². The SMILES string of the molecule is CCn1c2ccccc2c2cc(NS(=O)(=O)c3ccc(OC)c(C(=O)N4CCCCC4)c3)ccc21. The third-order valence-corrected chi connectivity index (χ3v) is 8.07. The number of sulfonamides is 1. The third-order valence-electron chi connectivity index (χ3n) is 6.70. The number of anilines is 1. The van der Waals surface area contributed by atoms with Crippen molar-refractivity contribution in [2.75, 3.05) is 24.9 Å². The zero-order valence-corrected chi connectivity index (χ0v) is 20.8. The smallest absolute Gasteiger partial charge is 0.261 e. The normalized spacial score (nSPS) is 14.4. The van der Waals surface area contributed by atoms with Gasteiger partial charge in [-0.3, -0.25) is 9.52 Å². The Bertz CT molecular complexity index is 1520. The first kappa shape index (κ1) is 23.2. The van der Waals surface area contributed by atoms with E-state index in [1.807, 2.05) is 30.3 Å². The van der Waals surface area contributed by atoms with Gasteiger partial charge in [-0.25, -0.2) is 8.42 Å². The van der Waals surface area contributed by atoms with Crippen LogP contribution in [0.25, 0.3) is 21.8 Å². The second-order valence-electron chi connectivity index (χ2n) is 8.81. The number of aromatic nitrogens is 1. The molecule has 2 heterocycles. The average Bonchev–Trinajstić information content (AvgIpc) is 3.21. The van der Waals surface area contributed by atoms with Crippen LogP contribution in [0.3, 0.4) is 0 Å². The average molecular weight is 492 g/mol. The summed E-state index contributed by atoms with van der Waals surface area (Å²) in [6.07, 6.45) is 3.00. The number of nitrogens with zero attached hydrogens (tertiary/aromatic N) is 2. The number of hydrogen-bond donors (Lipinski definition) is 1. The van der Waals surface area contributed by atoms with Crippen molar-refractivity contribution in [3.8, 4) is 5.75 Å². The van der Waals surface area contributed by atoms with Crippen molar-refractivity contribution in [2.45, 2.75) is 37.6 Å². The molecular formula is C27H29N3O4S. The Balaban J connectivity index is 1.50. The Hall–Kier alpha value is -3.52. The van der Waals surface area contributed by atoms with E-state index in [9.17, 15) is 13.2 Å². The summed E-state index contributed by atoms with van der Waals surface area (Å²) >= 11 is 0. The molecule has 8 heteroatoms. The number of rotatable bonds is 6. The molecule has 182 valence electrons. The lowest BCUT2D eigenvalue weighted by atomic mass is 10.1. The highest BCUT2D eigenvalue weighted by Crippen LogP contribution is 2.32. The molecule has 0 bridgehead atoms. The Labute approximate surface area is 205 Å². The molecule has 0 atom stereocenters. The van der Waals surface area contributed by atoms with Crippen LogP contribution in [0.4, 0.5) is 5.69 Å². The fraction of sp³-hybridized carbons (Fsp3) is 0.296. The van der Waals surface area contributed by atoms with Crippen LogP contribution in [0.5, 0.6) is 5.75 Å². The molecule has 1 aliphatic rings. The predicted octanol–water partition coefficient (Wildman–Crippen LogP) is 5.25. The number of carbonyl (C=O) groups excluding carboxylic acids is 1. The molecule has 1 N–H and O–H groups in total. The fourth-order valence-corrected chi connectivity index (χ4v) is 6.04. The molecule has 0 aliphatic carbocycles. The number of methoxy groups -OCH3 is 1. The lowest BCUT2D eigenvalue weighted by molar-refractivity contribution is 0.0720. The molecule has 0 spiro atoms. The van der Waals surface area contributed by atoms with Gasteiger partial charge in [0, 0.05) is 47.1 Å². The van der Waals surface area contributed by atoms with E-state index < -0.39 is 10.0 Å². The number of ether oxygens (including phenoxy) is 1. The molecule has 4 aromatic rings. The van der Waals surface area contributed by atoms with Crippen molar-refractivity contribution in [1.29, 1.82) is 0 Å². The van der Waals surface area contributed by atoms with Crippen LogP contribution in [0.1, 0.15) is 36.5 Å². The summed E-state index contributed by atoms with van der Waals surface area (Å²) in [7, 11) is -2.45. The highest BCUT2D eigenvalue weighted by atomic mass is 32.2. The zero-order valence-electron chi connectivity index (χ0n) is 20.0. The van der Waals surface area contributed by atoms with Gasteiger partial charge in [-0.05, 0) is 68.7 Å². The Morgan fingerprint density at radius 3 is 2.43 bits per heavy atom. The molecule has 0 saturated carbocycles. The minimum Gasteiger partial charge on any atom is -0.496 e. The number of fused-ring (bicyclic) bond motifs is 3. The Morgan fingerprint density at radius 2 is 1.69 bits per heavy atom. The van der Waals surface area contributed by atoms with Crippen molar-refractivity contribution < 1.29 is 17.9 Å². The summed E-state index contributed by atoms with van der Waals surface area (Å²) in [6.45, 7) is 4.24. The molecule has 1 aliphatic heterocycles. The van der Waals surface area contributed by atoms with Gasteiger partial charge in [0.2, 0.25) is 0 Å². The molecule has 1 saturated heterocycles. The number of amides is 1. The first-order valence-electron chi connectivity index (χ1n) is 11.9. The molecule has 1 aromatic heterocycles. The van der Waals surface area contributed by atoms with Crippen LogP contribution in [0, 0.1) is 0 Å². The van der Waals surface area contributed by atoms with Crippen molar-refractivity contribution >= 4 is 43.4 Å². The van der Waals surface area contributed by atoms with Gasteiger partial charge in [0.1, 0.15) is 5.75 Å². The van der Waals surface area contributed by atoms with E-state index in [-0.39, 0.29) is 16.4 Å². The topological polar surface area (TPSA) is 80.6 Å². The van der Waals surface area contributed by atoms with Crippen LogP contribution in [0.15, 0.2) is 65.6 Å². The van der Waals surface area contributed by atoms with E-state index in [1.165, 1.54) is 19.2 Å². The number of piperidine rings is 1. The maximum Gasteiger partial charge on any atom is 0.261 e. The third kappa shape index (κ3) is 4.23. The highest BCUT2D eigenvalue weighted by Gasteiger charge is 2.25. The first-order valence-corrected chi connectivity index (χ1v) is 13.4. The summed E-state index contributed by atoms with van der Waals surface area (Å²) in [5.74, 6) is 0.167. The number of benzene rings is 3. The second-order valence-corrected chi connectivity index (χ2v) is 10.5. The maximum absolute atomic E-state index is 13.3. The van der Waals surface area contributed by atoms with Gasteiger partial charge in [0.25, 0.3) is 15.9 Å². The van der Waals surface area contributed by atoms with E-state index in [0.29, 0.717) is 24.5 Å². The second kappa shape index (κ2) is 9.26. The van der Waals surface area contributed by atoms with Crippen LogP contribution in [0.2, 0.25) is 0 Å². The van der Waals surface area contributed by atoms with Crippen LogP contribution >= 0.6 is 0 Å². The summed E-state index contributed by atoms with van der Waals surface area (Å²) in [5.41, 5.74) is 2.89. The van der Waals surface area contributed by atoms with Crippen molar-refractivity contribution in [1.82, 2.24) is 9.47 Å². The van der Waals surface area contributed by atoms with Gasteiger partial charge in [-0.1, -0.05) is 18.2 Å². The Morgan fingerprint density at radius 1 is 0.943 bits per heavy atom. The van der Waals surface area contributed by atoms with E-state index in [1.54, 1.807) is 17.0 Å². The van der Waals surface area contributed by atoms with Gasteiger partial charge in [0.05, 0.1) is 17.6 Å². The van der Waals surface area contributed by atoms with Gasteiger partial charge >= 0.3 is 0 Å². The molecular weight excluding hydrogens is 462 g/mol. The molecule has 7 nitrogen and oxygen atoms in total. The van der Waals surface area contributed by atoms with Gasteiger partial charge in [-0.2, -0.15) is 0 Å². The number of nitrogens with one attached hydrogen (secondary N) is 1. The summed E-state index contributed by atoms with van der Waals surface area (Å²) in [5, 5.41) is 2.06. The van der Waals surface area contributed by atoms with Crippen LogP contribution < -0.4 is 9.46 Å². The minimum atomic E-state index is -3.93. The number of para-hydroxylation sites is 1. The number of hydrogen-bond acceptors (Lipinski definition) is 4. The fourth-order valence-electron chi connectivity index (χ4n) is 4.96. The number of aryl methyl sites for hydroxylation is 1. The minimum absolute atomic E-state index is 0.0229. The molecule has 0 radical (unpaired) electrons. The van der Waals surface area contributed by atoms with E-state index in [4.69, 9.17) is 4.74 Å². The van der Waals surface area contributed by atoms with Gasteiger partial charge < -0.3 is 14.2 Å². The highest BCUT2D eigenvalue weighted by molar-refractivity contribution is 7.92. The maximum atomic E-state index is 13.3. The van der Waals surface area contributed by atoms with E-state index >= 15 is 0 Å². The van der Waals surface area contributed by atoms with Crippen molar-refractivity contribution in [3.05, 3.63) is 66.2 Å². The lowest BCUT2D eigenvalue weighted by Crippen LogP contribution is -2.35. The first-order chi connectivity index (χ1) is 16.9. The molecule has 3 aromatic carbocycles.